The van der Waals surface area contributed by atoms with Crippen LogP contribution in [-0.2, 0) is 0 Å². The van der Waals surface area contributed by atoms with Gasteiger partial charge in [0.2, 0.25) is 0 Å². The summed E-state index contributed by atoms with van der Waals surface area (Å²) in [5, 5.41) is 15.1. The molecule has 3 nitrogen and oxygen atoms in total. The van der Waals surface area contributed by atoms with Gasteiger partial charge in [0.05, 0.1) is 0 Å². The first-order valence-corrected chi connectivity index (χ1v) is 6.33. The number of nitrogens with two attached hydrogens (primary N) is 1. The number of anilines is 1. The van der Waals surface area contributed by atoms with Gasteiger partial charge < -0.3 is 16.2 Å². The summed E-state index contributed by atoms with van der Waals surface area (Å²) < 4.78 is 0. The van der Waals surface area contributed by atoms with Crippen molar-refractivity contribution in [3.8, 4) is 0 Å². The third-order valence-electron chi connectivity index (χ3n) is 2.31. The van der Waals surface area contributed by atoms with Crippen molar-refractivity contribution in [3.63, 3.8) is 0 Å². The average Bonchev–Trinajstić information content (AvgIpc) is 2.82. The van der Waals surface area contributed by atoms with Crippen LogP contribution in [0.4, 0.5) is 5.69 Å². The summed E-state index contributed by atoms with van der Waals surface area (Å²) in [6.45, 7) is 0. The molecule has 0 amide bonds. The molecule has 0 saturated carbocycles. The fraction of sp³-hybridized carbons (Fsp3) is 0.0833. The van der Waals surface area contributed by atoms with Gasteiger partial charge in [0.15, 0.2) is 5.11 Å². The van der Waals surface area contributed by atoms with E-state index in [2.05, 4.69) is 5.32 Å². The Morgan fingerprint density at radius 2 is 2.00 bits per heavy atom. The van der Waals surface area contributed by atoms with Crippen LogP contribution >= 0.6 is 23.6 Å². The highest BCUT2D eigenvalue weighted by Crippen LogP contribution is 2.26. The van der Waals surface area contributed by atoms with E-state index in [1.54, 1.807) is 0 Å². The Labute approximate surface area is 109 Å². The van der Waals surface area contributed by atoms with Crippen LogP contribution in [0.2, 0.25) is 0 Å². The van der Waals surface area contributed by atoms with Crippen LogP contribution in [-0.4, -0.2) is 10.2 Å². The fourth-order valence-electron chi connectivity index (χ4n) is 1.50. The lowest BCUT2D eigenvalue weighted by Crippen LogP contribution is -2.18. The first-order chi connectivity index (χ1) is 8.16. The van der Waals surface area contributed by atoms with E-state index in [-0.39, 0.29) is 5.11 Å². The lowest BCUT2D eigenvalue weighted by molar-refractivity contribution is 0.224. The Morgan fingerprint density at radius 3 is 2.53 bits per heavy atom. The third-order valence-corrected chi connectivity index (χ3v) is 3.33. The first-order valence-electron chi connectivity index (χ1n) is 5.04. The van der Waals surface area contributed by atoms with E-state index in [1.807, 2.05) is 41.8 Å². The molecule has 4 N–H and O–H groups in total. The highest BCUT2D eigenvalue weighted by Gasteiger charge is 2.10. The molecule has 0 saturated heterocycles. The van der Waals surface area contributed by atoms with E-state index in [0.29, 0.717) is 0 Å². The Bertz CT molecular complexity index is 494. The molecule has 2 aromatic rings. The van der Waals surface area contributed by atoms with Crippen molar-refractivity contribution >= 4 is 34.4 Å². The molecule has 1 unspecified atom stereocenters. The van der Waals surface area contributed by atoms with Gasteiger partial charge in [-0.1, -0.05) is 18.2 Å². The number of benzene rings is 1. The van der Waals surface area contributed by atoms with E-state index < -0.39 is 6.10 Å². The van der Waals surface area contributed by atoms with Crippen molar-refractivity contribution in [1.29, 1.82) is 0 Å². The molecule has 1 atom stereocenters. The third kappa shape index (κ3) is 3.03. The van der Waals surface area contributed by atoms with Gasteiger partial charge in [-0.05, 0) is 41.4 Å². The number of hydrogen-bond acceptors (Lipinski definition) is 3. The van der Waals surface area contributed by atoms with Crippen LogP contribution in [0, 0.1) is 0 Å². The number of rotatable bonds is 3. The lowest BCUT2D eigenvalue weighted by Gasteiger charge is -2.10. The minimum absolute atomic E-state index is 0.233. The van der Waals surface area contributed by atoms with Gasteiger partial charge in [-0.2, -0.15) is 0 Å². The molecular formula is C12H12N2OS2. The lowest BCUT2D eigenvalue weighted by atomic mass is 10.1. The molecular weight excluding hydrogens is 252 g/mol. The van der Waals surface area contributed by atoms with Crippen LogP contribution < -0.4 is 11.1 Å². The number of aliphatic hydroxyl groups excluding tert-OH is 1. The first kappa shape index (κ1) is 12.0. The number of aliphatic hydroxyl groups is 1. The molecule has 1 heterocycles. The average molecular weight is 264 g/mol. The second kappa shape index (κ2) is 5.27. The zero-order valence-electron chi connectivity index (χ0n) is 8.96. The zero-order valence-corrected chi connectivity index (χ0v) is 10.6. The highest BCUT2D eigenvalue weighted by molar-refractivity contribution is 7.80. The van der Waals surface area contributed by atoms with Gasteiger partial charge in [-0.3, -0.25) is 0 Å². The molecule has 1 aromatic heterocycles. The van der Waals surface area contributed by atoms with Crippen LogP contribution in [0.25, 0.3) is 0 Å². The molecule has 0 fully saturated rings. The van der Waals surface area contributed by atoms with E-state index >= 15 is 0 Å². The smallest absolute Gasteiger partial charge is 0.168 e. The highest BCUT2D eigenvalue weighted by atomic mass is 32.1. The van der Waals surface area contributed by atoms with Crippen molar-refractivity contribution in [3.05, 3.63) is 52.2 Å². The summed E-state index contributed by atoms with van der Waals surface area (Å²) in [5.74, 6) is 0. The second-order valence-corrected chi connectivity index (χ2v) is 4.95. The van der Waals surface area contributed by atoms with Crippen LogP contribution in [0.3, 0.4) is 0 Å². The Balaban J connectivity index is 2.15. The minimum atomic E-state index is -0.575. The number of thiocarbonyl (C=S) groups is 1. The maximum atomic E-state index is 10.1. The molecule has 88 valence electrons. The van der Waals surface area contributed by atoms with Crippen LogP contribution in [0.1, 0.15) is 16.5 Å². The predicted molar refractivity (Wildman–Crippen MR) is 75.2 cm³/mol. The zero-order chi connectivity index (χ0) is 12.3. The summed E-state index contributed by atoms with van der Waals surface area (Å²) in [6.07, 6.45) is -0.575. The molecule has 1 aromatic carbocycles. The largest absolute Gasteiger partial charge is 0.383 e. The topological polar surface area (TPSA) is 58.3 Å². The quantitative estimate of drug-likeness (QED) is 0.745. The second-order valence-electron chi connectivity index (χ2n) is 3.53. The number of thiophene rings is 1. The maximum absolute atomic E-state index is 10.1. The van der Waals surface area contributed by atoms with Crippen molar-refractivity contribution in [2.24, 2.45) is 5.73 Å². The number of hydrogen-bond donors (Lipinski definition) is 3. The predicted octanol–water partition coefficient (Wildman–Crippen LogP) is 2.49. The molecule has 17 heavy (non-hydrogen) atoms. The van der Waals surface area contributed by atoms with Gasteiger partial charge in [-0.15, -0.1) is 11.3 Å². The molecule has 0 aliphatic rings. The molecule has 5 heteroatoms. The molecule has 2 rings (SSSR count). The molecule has 0 bridgehead atoms. The molecule has 0 aliphatic carbocycles. The molecule has 0 spiro atoms. The van der Waals surface area contributed by atoms with E-state index in [0.717, 1.165) is 16.1 Å². The standard InChI is InChI=1S/C12H12N2OS2/c13-12(16)14-9-5-3-8(4-6-9)11(15)10-2-1-7-17-10/h1-7,11,15H,(H3,13,14,16). The van der Waals surface area contributed by atoms with E-state index in [4.69, 9.17) is 18.0 Å². The summed E-state index contributed by atoms with van der Waals surface area (Å²) in [7, 11) is 0. The monoisotopic (exact) mass is 264 g/mol. The van der Waals surface area contributed by atoms with Crippen molar-refractivity contribution in [2.75, 3.05) is 5.32 Å². The van der Waals surface area contributed by atoms with Crippen molar-refractivity contribution in [1.82, 2.24) is 0 Å². The fourth-order valence-corrected chi connectivity index (χ4v) is 2.36. The van der Waals surface area contributed by atoms with Crippen LogP contribution in [0.15, 0.2) is 41.8 Å². The van der Waals surface area contributed by atoms with Gasteiger partial charge in [-0.25, -0.2) is 0 Å². The Hall–Kier alpha value is -1.43. The van der Waals surface area contributed by atoms with Crippen molar-refractivity contribution in [2.45, 2.75) is 6.10 Å². The summed E-state index contributed by atoms with van der Waals surface area (Å²) >= 11 is 6.28. The van der Waals surface area contributed by atoms with Crippen molar-refractivity contribution < 1.29 is 5.11 Å². The minimum Gasteiger partial charge on any atom is -0.383 e. The Kier molecular flexibility index (Phi) is 3.73. The SMILES string of the molecule is NC(=S)Nc1ccc(C(O)c2cccs2)cc1. The normalized spacial score (nSPS) is 12.1. The van der Waals surface area contributed by atoms with Gasteiger partial charge in [0, 0.05) is 10.6 Å². The number of nitrogens with one attached hydrogen (secondary N) is 1. The summed E-state index contributed by atoms with van der Waals surface area (Å²) in [4.78, 5) is 0.931. The van der Waals surface area contributed by atoms with E-state index in [9.17, 15) is 5.11 Å². The summed E-state index contributed by atoms with van der Waals surface area (Å²) in [6, 6.07) is 11.2. The van der Waals surface area contributed by atoms with Gasteiger partial charge in [0.1, 0.15) is 6.10 Å². The molecule has 0 aliphatic heterocycles. The maximum Gasteiger partial charge on any atom is 0.168 e. The Morgan fingerprint density at radius 1 is 1.29 bits per heavy atom. The van der Waals surface area contributed by atoms with E-state index in [1.165, 1.54) is 11.3 Å². The van der Waals surface area contributed by atoms with Gasteiger partial charge in [0.25, 0.3) is 0 Å². The summed E-state index contributed by atoms with van der Waals surface area (Å²) in [5.41, 5.74) is 7.04. The van der Waals surface area contributed by atoms with Crippen LogP contribution in [0.5, 0.6) is 0 Å². The van der Waals surface area contributed by atoms with Gasteiger partial charge >= 0.3 is 0 Å². The molecule has 0 radical (unpaired) electrons.